The van der Waals surface area contributed by atoms with E-state index in [1.807, 2.05) is 26.0 Å². The van der Waals surface area contributed by atoms with Gasteiger partial charge >= 0.3 is 0 Å². The third kappa shape index (κ3) is 9.51. The van der Waals surface area contributed by atoms with Crippen LogP contribution in [0.25, 0.3) is 0 Å². The second-order valence-electron chi connectivity index (χ2n) is 8.21. The van der Waals surface area contributed by atoms with E-state index < -0.39 is 0 Å². The highest BCUT2D eigenvalue weighted by Crippen LogP contribution is 2.21. The molecule has 0 saturated carbocycles. The Morgan fingerprint density at radius 3 is 2.29 bits per heavy atom. The highest BCUT2D eigenvalue weighted by molar-refractivity contribution is 14.0. The summed E-state index contributed by atoms with van der Waals surface area (Å²) in [6.45, 7) is 11.4. The van der Waals surface area contributed by atoms with Crippen molar-refractivity contribution in [2.45, 2.75) is 32.9 Å². The maximum absolute atomic E-state index is 12.0. The molecule has 1 saturated heterocycles. The molecular weight excluding hydrogens is 527 g/mol. The Morgan fingerprint density at radius 1 is 1.16 bits per heavy atom. The van der Waals surface area contributed by atoms with Gasteiger partial charge in [-0.2, -0.15) is 0 Å². The van der Waals surface area contributed by atoms with Gasteiger partial charge in [0, 0.05) is 43.8 Å². The van der Waals surface area contributed by atoms with Crippen molar-refractivity contribution in [2.24, 2.45) is 4.99 Å². The molecule has 2 N–H and O–H groups in total. The monoisotopic (exact) mass is 564 g/mol. The number of nitrogens with one attached hydrogen (secondary N) is 2. The SMILES string of the molecule is CCNC(=NCC(c1ccc(Cl)cc1)N(C)C)N1CCN(CC(=O)NC(C)C)CC1.I. The smallest absolute Gasteiger partial charge is 0.234 e. The van der Waals surface area contributed by atoms with Gasteiger partial charge in [0.2, 0.25) is 5.91 Å². The summed E-state index contributed by atoms with van der Waals surface area (Å²) in [4.78, 5) is 23.6. The summed E-state index contributed by atoms with van der Waals surface area (Å²) in [5.74, 6) is 1.03. The zero-order valence-corrected chi connectivity index (χ0v) is 22.5. The summed E-state index contributed by atoms with van der Waals surface area (Å²) in [5, 5.41) is 7.13. The van der Waals surface area contributed by atoms with Crippen LogP contribution in [-0.2, 0) is 4.79 Å². The number of benzene rings is 1. The molecule has 0 spiro atoms. The minimum absolute atomic E-state index is 0. The maximum Gasteiger partial charge on any atom is 0.234 e. The predicted octanol–water partition coefficient (Wildman–Crippen LogP) is 2.67. The lowest BCUT2D eigenvalue weighted by molar-refractivity contribution is -0.123. The number of likely N-dealkylation sites (N-methyl/N-ethyl adjacent to an activating group) is 1. The summed E-state index contributed by atoms with van der Waals surface area (Å²) in [6.07, 6.45) is 0. The van der Waals surface area contributed by atoms with E-state index in [1.54, 1.807) is 0 Å². The molecule has 1 aliphatic heterocycles. The second-order valence-corrected chi connectivity index (χ2v) is 8.65. The Kier molecular flexibility index (Phi) is 12.7. The van der Waals surface area contributed by atoms with E-state index in [4.69, 9.17) is 16.6 Å². The third-order valence-electron chi connectivity index (χ3n) is 5.12. The van der Waals surface area contributed by atoms with Crippen molar-refractivity contribution < 1.29 is 4.79 Å². The molecular formula is C22H38ClIN6O. The molecule has 7 nitrogen and oxygen atoms in total. The first-order valence-corrected chi connectivity index (χ1v) is 11.1. The minimum Gasteiger partial charge on any atom is -0.357 e. The van der Waals surface area contributed by atoms with Crippen molar-refractivity contribution in [3.8, 4) is 0 Å². The van der Waals surface area contributed by atoms with Gasteiger partial charge in [0.25, 0.3) is 0 Å². The highest BCUT2D eigenvalue weighted by atomic mass is 127. The summed E-state index contributed by atoms with van der Waals surface area (Å²) >= 11 is 6.05. The van der Waals surface area contributed by atoms with Crippen LogP contribution in [-0.4, -0.2) is 92.5 Å². The lowest BCUT2D eigenvalue weighted by atomic mass is 10.1. The molecule has 1 heterocycles. The van der Waals surface area contributed by atoms with Crippen LogP contribution in [0.1, 0.15) is 32.4 Å². The second kappa shape index (κ2) is 14.1. The molecule has 9 heteroatoms. The molecule has 2 rings (SSSR count). The molecule has 1 amide bonds. The zero-order chi connectivity index (χ0) is 22.1. The number of guanidine groups is 1. The van der Waals surface area contributed by atoms with Gasteiger partial charge < -0.3 is 20.4 Å². The first-order valence-electron chi connectivity index (χ1n) is 10.8. The minimum atomic E-state index is 0. The van der Waals surface area contributed by atoms with E-state index in [-0.39, 0.29) is 42.0 Å². The number of nitrogens with zero attached hydrogens (tertiary/aromatic N) is 4. The van der Waals surface area contributed by atoms with E-state index >= 15 is 0 Å². The number of carbonyl (C=O) groups is 1. The average Bonchev–Trinajstić information content (AvgIpc) is 2.68. The van der Waals surface area contributed by atoms with E-state index in [0.717, 1.165) is 43.7 Å². The van der Waals surface area contributed by atoms with Gasteiger partial charge in [0.1, 0.15) is 0 Å². The molecule has 176 valence electrons. The van der Waals surface area contributed by atoms with Crippen molar-refractivity contribution in [2.75, 3.05) is 59.9 Å². The molecule has 1 aromatic carbocycles. The standard InChI is InChI=1S/C22H37ClN6O.HI/c1-6-24-22(25-15-20(27(4)5)18-7-9-19(23)10-8-18)29-13-11-28(12-14-29)16-21(30)26-17(2)3;/h7-10,17,20H,6,11-16H2,1-5H3,(H,24,25)(H,26,30);1H. The van der Waals surface area contributed by atoms with Crippen LogP contribution >= 0.6 is 35.6 Å². The van der Waals surface area contributed by atoms with E-state index in [2.05, 4.69) is 58.5 Å². The molecule has 0 aliphatic carbocycles. The third-order valence-corrected chi connectivity index (χ3v) is 5.37. The number of carbonyl (C=O) groups excluding carboxylic acids is 1. The van der Waals surface area contributed by atoms with E-state index in [0.29, 0.717) is 13.1 Å². The number of aliphatic imine (C=N–C) groups is 1. The largest absolute Gasteiger partial charge is 0.357 e. The molecule has 0 radical (unpaired) electrons. The molecule has 0 bridgehead atoms. The quantitative estimate of drug-likeness (QED) is 0.289. The fraction of sp³-hybridized carbons (Fsp3) is 0.636. The number of hydrogen-bond acceptors (Lipinski definition) is 4. The number of piperazine rings is 1. The van der Waals surface area contributed by atoms with Gasteiger partial charge in [-0.1, -0.05) is 23.7 Å². The normalized spacial score (nSPS) is 16.3. The first-order chi connectivity index (χ1) is 14.3. The summed E-state index contributed by atoms with van der Waals surface area (Å²) < 4.78 is 0. The van der Waals surface area contributed by atoms with Crippen LogP contribution in [0, 0.1) is 0 Å². The Balaban J connectivity index is 0.00000480. The molecule has 1 fully saturated rings. The average molecular weight is 565 g/mol. The van der Waals surface area contributed by atoms with Crippen molar-refractivity contribution >= 4 is 47.4 Å². The summed E-state index contributed by atoms with van der Waals surface area (Å²) in [5.41, 5.74) is 1.20. The molecule has 1 aromatic rings. The predicted molar refractivity (Wildman–Crippen MR) is 141 cm³/mol. The molecule has 1 unspecified atom stereocenters. The summed E-state index contributed by atoms with van der Waals surface area (Å²) in [6, 6.07) is 8.34. The Labute approximate surface area is 209 Å². The molecule has 31 heavy (non-hydrogen) atoms. The highest BCUT2D eigenvalue weighted by Gasteiger charge is 2.22. The van der Waals surface area contributed by atoms with Crippen molar-refractivity contribution in [3.63, 3.8) is 0 Å². The lowest BCUT2D eigenvalue weighted by Gasteiger charge is -2.36. The van der Waals surface area contributed by atoms with Gasteiger partial charge in [0.05, 0.1) is 19.1 Å². The maximum atomic E-state index is 12.0. The Morgan fingerprint density at radius 2 is 1.77 bits per heavy atom. The fourth-order valence-corrected chi connectivity index (χ4v) is 3.67. The van der Waals surface area contributed by atoms with Crippen molar-refractivity contribution in [3.05, 3.63) is 34.9 Å². The molecule has 1 aliphatic rings. The Hall–Kier alpha value is -1.10. The molecule has 0 aromatic heterocycles. The lowest BCUT2D eigenvalue weighted by Crippen LogP contribution is -2.54. The van der Waals surface area contributed by atoms with Crippen LogP contribution in [0.2, 0.25) is 5.02 Å². The number of halogens is 2. The number of hydrogen-bond donors (Lipinski definition) is 2. The van der Waals surface area contributed by atoms with Crippen LogP contribution in [0.4, 0.5) is 0 Å². The van der Waals surface area contributed by atoms with Crippen molar-refractivity contribution in [1.29, 1.82) is 0 Å². The van der Waals surface area contributed by atoms with Gasteiger partial charge in [-0.15, -0.1) is 24.0 Å². The topological polar surface area (TPSA) is 63.2 Å². The number of rotatable bonds is 8. The number of amides is 1. The summed E-state index contributed by atoms with van der Waals surface area (Å²) in [7, 11) is 4.14. The fourth-order valence-electron chi connectivity index (χ4n) is 3.54. The van der Waals surface area contributed by atoms with Crippen LogP contribution < -0.4 is 10.6 Å². The van der Waals surface area contributed by atoms with Gasteiger partial charge in [-0.25, -0.2) is 0 Å². The first kappa shape index (κ1) is 27.9. The van der Waals surface area contributed by atoms with Crippen LogP contribution in [0.15, 0.2) is 29.3 Å². The van der Waals surface area contributed by atoms with Gasteiger partial charge in [0.15, 0.2) is 5.96 Å². The van der Waals surface area contributed by atoms with E-state index in [1.165, 1.54) is 5.56 Å². The molecule has 1 atom stereocenters. The van der Waals surface area contributed by atoms with Gasteiger partial charge in [-0.05, 0) is 52.6 Å². The van der Waals surface area contributed by atoms with Gasteiger partial charge in [-0.3, -0.25) is 14.7 Å². The van der Waals surface area contributed by atoms with Crippen molar-refractivity contribution in [1.82, 2.24) is 25.3 Å². The van der Waals surface area contributed by atoms with Crippen LogP contribution in [0.5, 0.6) is 0 Å². The zero-order valence-electron chi connectivity index (χ0n) is 19.4. The Bertz CT molecular complexity index is 690. The van der Waals surface area contributed by atoms with Crippen LogP contribution in [0.3, 0.4) is 0 Å². The van der Waals surface area contributed by atoms with E-state index in [9.17, 15) is 4.79 Å².